The second-order valence-corrected chi connectivity index (χ2v) is 6.56. The van der Waals surface area contributed by atoms with Crippen molar-refractivity contribution in [1.29, 1.82) is 0 Å². The molecular formula is C19H19N3O4S. The van der Waals surface area contributed by atoms with Crippen molar-refractivity contribution in [1.82, 2.24) is 10.2 Å². The Kier molecular flexibility index (Phi) is 6.32. The van der Waals surface area contributed by atoms with Crippen molar-refractivity contribution in [2.75, 3.05) is 18.2 Å². The molecule has 7 nitrogen and oxygen atoms in total. The van der Waals surface area contributed by atoms with Crippen molar-refractivity contribution in [2.45, 2.75) is 18.8 Å². The molecule has 0 aliphatic carbocycles. The maximum absolute atomic E-state index is 12.0. The molecule has 1 aromatic heterocycles. The lowest BCUT2D eigenvalue weighted by atomic mass is 10.2. The first kappa shape index (κ1) is 18.8. The quantitative estimate of drug-likeness (QED) is 0.592. The van der Waals surface area contributed by atoms with E-state index in [9.17, 15) is 4.79 Å². The first-order chi connectivity index (χ1) is 13.1. The number of carbonyl (C=O) groups excluding carboxylic acids is 1. The van der Waals surface area contributed by atoms with Gasteiger partial charge >= 0.3 is 0 Å². The molecule has 140 valence electrons. The van der Waals surface area contributed by atoms with E-state index >= 15 is 0 Å². The minimum atomic E-state index is -0.141. The summed E-state index contributed by atoms with van der Waals surface area (Å²) in [6, 6.07) is 14.8. The molecule has 27 heavy (non-hydrogen) atoms. The van der Waals surface area contributed by atoms with Crippen molar-refractivity contribution in [2.24, 2.45) is 0 Å². The number of rotatable bonds is 8. The second-order valence-electron chi connectivity index (χ2n) is 5.64. The zero-order valence-electron chi connectivity index (χ0n) is 15.0. The molecule has 0 saturated heterocycles. The number of aromatic nitrogens is 2. The van der Waals surface area contributed by atoms with Gasteiger partial charge in [0.25, 0.3) is 11.1 Å². The summed E-state index contributed by atoms with van der Waals surface area (Å²) >= 11 is 1.17. The summed E-state index contributed by atoms with van der Waals surface area (Å²) in [4.78, 5) is 12.0. The average molecular weight is 385 g/mol. The van der Waals surface area contributed by atoms with Gasteiger partial charge in [-0.15, -0.1) is 10.2 Å². The first-order valence-electron chi connectivity index (χ1n) is 8.21. The van der Waals surface area contributed by atoms with Crippen LogP contribution in [0.1, 0.15) is 11.5 Å². The normalized spacial score (nSPS) is 10.4. The molecule has 1 N–H and O–H groups in total. The van der Waals surface area contributed by atoms with Gasteiger partial charge in [0.15, 0.2) is 6.61 Å². The lowest BCUT2D eigenvalue weighted by molar-refractivity contribution is -0.113. The Morgan fingerprint density at radius 2 is 1.96 bits per heavy atom. The molecule has 0 atom stereocenters. The average Bonchev–Trinajstić information content (AvgIpc) is 3.13. The van der Waals surface area contributed by atoms with E-state index in [-0.39, 0.29) is 18.3 Å². The molecule has 0 unspecified atom stereocenters. The van der Waals surface area contributed by atoms with Crippen molar-refractivity contribution >= 4 is 23.4 Å². The van der Waals surface area contributed by atoms with Gasteiger partial charge in [0.2, 0.25) is 5.91 Å². The number of carbonyl (C=O) groups is 1. The minimum absolute atomic E-state index is 0.135. The first-order valence-corrected chi connectivity index (χ1v) is 9.19. The fourth-order valence-corrected chi connectivity index (χ4v) is 2.82. The highest BCUT2D eigenvalue weighted by Gasteiger charge is 2.11. The van der Waals surface area contributed by atoms with E-state index in [1.807, 2.05) is 49.4 Å². The van der Waals surface area contributed by atoms with Crippen LogP contribution >= 0.6 is 11.8 Å². The lowest BCUT2D eigenvalue weighted by Gasteiger charge is -2.05. The molecule has 2 aromatic carbocycles. The molecule has 0 aliphatic rings. The summed E-state index contributed by atoms with van der Waals surface area (Å²) < 4.78 is 16.2. The topological polar surface area (TPSA) is 86.5 Å². The molecule has 0 bridgehead atoms. The van der Waals surface area contributed by atoms with Crippen LogP contribution in [0, 0.1) is 6.92 Å². The monoisotopic (exact) mass is 385 g/mol. The van der Waals surface area contributed by atoms with Gasteiger partial charge < -0.3 is 19.2 Å². The molecule has 0 aliphatic heterocycles. The minimum Gasteiger partial charge on any atom is -0.497 e. The van der Waals surface area contributed by atoms with Crippen LogP contribution in [0.15, 0.2) is 58.2 Å². The molecule has 1 heterocycles. The number of hydrogen-bond donors (Lipinski definition) is 1. The van der Waals surface area contributed by atoms with Crippen molar-refractivity contribution in [3.05, 3.63) is 60.0 Å². The summed E-state index contributed by atoms with van der Waals surface area (Å²) in [6.45, 7) is 2.11. The number of hydrogen-bond acceptors (Lipinski definition) is 7. The zero-order valence-corrected chi connectivity index (χ0v) is 15.8. The number of nitrogens with one attached hydrogen (secondary N) is 1. The predicted molar refractivity (Wildman–Crippen MR) is 102 cm³/mol. The Morgan fingerprint density at radius 3 is 2.78 bits per heavy atom. The number of nitrogens with zero attached hydrogens (tertiary/aromatic N) is 2. The standard InChI is InChI=1S/C19H19N3O4S/c1-13-5-3-6-14(9-13)20-17(23)12-27-19-22-21-18(26-19)11-25-16-8-4-7-15(10-16)24-2/h3-10H,11-12H2,1-2H3,(H,20,23). The van der Waals surface area contributed by atoms with Crippen LogP contribution in [0.4, 0.5) is 5.69 Å². The lowest BCUT2D eigenvalue weighted by Crippen LogP contribution is -2.13. The van der Waals surface area contributed by atoms with Crippen molar-refractivity contribution < 1.29 is 18.7 Å². The molecule has 0 radical (unpaired) electrons. The third-order valence-corrected chi connectivity index (χ3v) is 4.30. The van der Waals surface area contributed by atoms with E-state index < -0.39 is 0 Å². The van der Waals surface area contributed by atoms with Crippen molar-refractivity contribution in [3.63, 3.8) is 0 Å². The SMILES string of the molecule is COc1cccc(OCc2nnc(SCC(=O)Nc3cccc(C)c3)o2)c1. The number of ether oxygens (including phenoxy) is 2. The van der Waals surface area contributed by atoms with Crippen LogP contribution in [-0.2, 0) is 11.4 Å². The Bertz CT molecular complexity index is 913. The maximum atomic E-state index is 12.0. The fraction of sp³-hybridized carbons (Fsp3) is 0.211. The van der Waals surface area contributed by atoms with Crippen LogP contribution in [0.5, 0.6) is 11.5 Å². The van der Waals surface area contributed by atoms with Crippen molar-refractivity contribution in [3.8, 4) is 11.5 Å². The molecular weight excluding hydrogens is 366 g/mol. The van der Waals surface area contributed by atoms with Gasteiger partial charge in [0.1, 0.15) is 11.5 Å². The molecule has 3 rings (SSSR count). The molecule has 3 aromatic rings. The van der Waals surface area contributed by atoms with Gasteiger partial charge in [-0.05, 0) is 36.8 Å². The van der Waals surface area contributed by atoms with E-state index in [2.05, 4.69) is 15.5 Å². The molecule has 0 saturated carbocycles. The number of thioether (sulfide) groups is 1. The third-order valence-electron chi connectivity index (χ3n) is 3.48. The highest BCUT2D eigenvalue weighted by atomic mass is 32.2. The number of aryl methyl sites for hydroxylation is 1. The van der Waals surface area contributed by atoms with E-state index in [1.54, 1.807) is 13.2 Å². The summed E-state index contributed by atoms with van der Waals surface area (Å²) in [5.74, 6) is 1.71. The Labute approximate surface area is 161 Å². The fourth-order valence-electron chi connectivity index (χ4n) is 2.24. The van der Waals surface area contributed by atoms with Gasteiger partial charge in [0, 0.05) is 11.8 Å². The van der Waals surface area contributed by atoms with E-state index in [0.29, 0.717) is 22.6 Å². The number of amides is 1. The predicted octanol–water partition coefficient (Wildman–Crippen LogP) is 3.70. The number of methoxy groups -OCH3 is 1. The number of anilines is 1. The largest absolute Gasteiger partial charge is 0.497 e. The summed E-state index contributed by atoms with van der Waals surface area (Å²) in [5.41, 5.74) is 1.84. The zero-order chi connectivity index (χ0) is 19.1. The van der Waals surface area contributed by atoms with Crippen LogP contribution in [-0.4, -0.2) is 29.0 Å². The molecule has 0 spiro atoms. The molecule has 0 fully saturated rings. The van der Waals surface area contributed by atoms with Crippen LogP contribution < -0.4 is 14.8 Å². The highest BCUT2D eigenvalue weighted by Crippen LogP contribution is 2.21. The second kappa shape index (κ2) is 9.09. The number of benzene rings is 2. The van der Waals surface area contributed by atoms with Gasteiger partial charge in [0.05, 0.1) is 12.9 Å². The van der Waals surface area contributed by atoms with Crippen LogP contribution in [0.2, 0.25) is 0 Å². The van der Waals surface area contributed by atoms with Gasteiger partial charge in [-0.1, -0.05) is 30.0 Å². The highest BCUT2D eigenvalue weighted by molar-refractivity contribution is 7.99. The van der Waals surface area contributed by atoms with Gasteiger partial charge in [-0.3, -0.25) is 4.79 Å². The third kappa shape index (κ3) is 5.75. The van der Waals surface area contributed by atoms with Gasteiger partial charge in [-0.2, -0.15) is 0 Å². The van der Waals surface area contributed by atoms with Crippen LogP contribution in [0.25, 0.3) is 0 Å². The van der Waals surface area contributed by atoms with E-state index in [0.717, 1.165) is 11.3 Å². The Balaban J connectivity index is 1.46. The molecule has 8 heteroatoms. The molecule has 1 amide bonds. The maximum Gasteiger partial charge on any atom is 0.277 e. The summed E-state index contributed by atoms with van der Waals surface area (Å²) in [5, 5.41) is 11.0. The summed E-state index contributed by atoms with van der Waals surface area (Å²) in [7, 11) is 1.59. The van der Waals surface area contributed by atoms with E-state index in [1.165, 1.54) is 11.8 Å². The Hall–Kier alpha value is -3.00. The van der Waals surface area contributed by atoms with E-state index in [4.69, 9.17) is 13.9 Å². The van der Waals surface area contributed by atoms with Crippen LogP contribution in [0.3, 0.4) is 0 Å². The smallest absolute Gasteiger partial charge is 0.277 e. The Morgan fingerprint density at radius 1 is 1.15 bits per heavy atom. The van der Waals surface area contributed by atoms with Gasteiger partial charge in [-0.25, -0.2) is 0 Å². The summed E-state index contributed by atoms with van der Waals surface area (Å²) in [6.07, 6.45) is 0.